The molecule has 2 N–H and O–H groups in total. The predicted octanol–water partition coefficient (Wildman–Crippen LogP) is -0.0346. The Kier molecular flexibility index (Phi) is 4.35. The van der Waals surface area contributed by atoms with E-state index in [1.54, 1.807) is 0 Å². The van der Waals surface area contributed by atoms with E-state index in [0.717, 1.165) is 32.3 Å². The molecule has 1 amide bonds. The van der Waals surface area contributed by atoms with Crippen LogP contribution < -0.4 is 10.6 Å². The standard InChI is InChI=1S/C14H25N3O2/c18-14(7-13-9-15-4-6-19-13)16-8-11-3-5-17(10-11)12-1-2-12/h11-13,15H,1-10H2,(H,16,18). The second kappa shape index (κ2) is 6.20. The van der Waals surface area contributed by atoms with Gasteiger partial charge in [0, 0.05) is 32.2 Å². The van der Waals surface area contributed by atoms with E-state index < -0.39 is 0 Å². The van der Waals surface area contributed by atoms with Crippen molar-refractivity contribution < 1.29 is 9.53 Å². The lowest BCUT2D eigenvalue weighted by Crippen LogP contribution is -2.42. The lowest BCUT2D eigenvalue weighted by atomic mass is 10.1. The van der Waals surface area contributed by atoms with Crippen molar-refractivity contribution in [2.75, 3.05) is 39.3 Å². The second-order valence-electron chi connectivity index (χ2n) is 6.09. The van der Waals surface area contributed by atoms with Crippen LogP contribution >= 0.6 is 0 Å². The van der Waals surface area contributed by atoms with Crippen molar-refractivity contribution in [3.05, 3.63) is 0 Å². The van der Waals surface area contributed by atoms with E-state index in [-0.39, 0.29) is 12.0 Å². The van der Waals surface area contributed by atoms with Gasteiger partial charge in [0.15, 0.2) is 0 Å². The van der Waals surface area contributed by atoms with Crippen molar-refractivity contribution in [1.29, 1.82) is 0 Å². The fourth-order valence-electron chi connectivity index (χ4n) is 3.09. The molecule has 2 atom stereocenters. The van der Waals surface area contributed by atoms with Crippen molar-refractivity contribution in [3.63, 3.8) is 0 Å². The highest BCUT2D eigenvalue weighted by atomic mass is 16.5. The van der Waals surface area contributed by atoms with Gasteiger partial charge in [-0.15, -0.1) is 0 Å². The van der Waals surface area contributed by atoms with Gasteiger partial charge in [0.2, 0.25) is 5.91 Å². The molecule has 0 aromatic heterocycles. The molecule has 3 fully saturated rings. The quantitative estimate of drug-likeness (QED) is 0.734. The summed E-state index contributed by atoms with van der Waals surface area (Å²) in [4.78, 5) is 14.5. The van der Waals surface area contributed by atoms with E-state index in [1.807, 2.05) is 0 Å². The molecule has 0 bridgehead atoms. The van der Waals surface area contributed by atoms with Crippen LogP contribution in [0.3, 0.4) is 0 Å². The van der Waals surface area contributed by atoms with Crippen LogP contribution in [0.1, 0.15) is 25.7 Å². The molecular formula is C14H25N3O2. The maximum Gasteiger partial charge on any atom is 0.222 e. The summed E-state index contributed by atoms with van der Waals surface area (Å²) in [6, 6.07) is 0.863. The normalized spacial score (nSPS) is 32.4. The van der Waals surface area contributed by atoms with Crippen molar-refractivity contribution in [1.82, 2.24) is 15.5 Å². The van der Waals surface area contributed by atoms with E-state index in [9.17, 15) is 4.79 Å². The summed E-state index contributed by atoms with van der Waals surface area (Å²) >= 11 is 0. The van der Waals surface area contributed by atoms with Crippen molar-refractivity contribution in [3.8, 4) is 0 Å². The number of hydrogen-bond acceptors (Lipinski definition) is 4. The number of carbonyl (C=O) groups excluding carboxylic acids is 1. The lowest BCUT2D eigenvalue weighted by Gasteiger charge is -2.23. The molecule has 108 valence electrons. The summed E-state index contributed by atoms with van der Waals surface area (Å²) in [6.07, 6.45) is 4.54. The van der Waals surface area contributed by atoms with E-state index in [0.29, 0.717) is 12.3 Å². The molecule has 3 rings (SSSR count). The van der Waals surface area contributed by atoms with Crippen LogP contribution in [0.15, 0.2) is 0 Å². The summed E-state index contributed by atoms with van der Waals surface area (Å²) < 4.78 is 5.55. The Labute approximate surface area is 115 Å². The molecule has 5 heteroatoms. The zero-order valence-electron chi connectivity index (χ0n) is 11.6. The van der Waals surface area contributed by atoms with Crippen LogP contribution in [0.5, 0.6) is 0 Å². The number of rotatable bonds is 5. The van der Waals surface area contributed by atoms with Crippen molar-refractivity contribution in [2.24, 2.45) is 5.92 Å². The fraction of sp³-hybridized carbons (Fsp3) is 0.929. The Bertz CT molecular complexity index is 314. The van der Waals surface area contributed by atoms with Crippen molar-refractivity contribution >= 4 is 5.91 Å². The number of morpholine rings is 1. The van der Waals surface area contributed by atoms with E-state index >= 15 is 0 Å². The smallest absolute Gasteiger partial charge is 0.222 e. The highest BCUT2D eigenvalue weighted by molar-refractivity contribution is 5.76. The Morgan fingerprint density at radius 1 is 1.37 bits per heavy atom. The number of hydrogen-bond donors (Lipinski definition) is 2. The molecule has 2 aliphatic heterocycles. The topological polar surface area (TPSA) is 53.6 Å². The Hall–Kier alpha value is -0.650. The van der Waals surface area contributed by atoms with Gasteiger partial charge < -0.3 is 20.3 Å². The Morgan fingerprint density at radius 2 is 2.26 bits per heavy atom. The molecule has 5 nitrogen and oxygen atoms in total. The monoisotopic (exact) mass is 267 g/mol. The number of likely N-dealkylation sites (tertiary alicyclic amines) is 1. The summed E-state index contributed by atoms with van der Waals surface area (Å²) in [5.74, 6) is 0.786. The molecule has 3 aliphatic rings. The molecule has 0 aromatic carbocycles. The third-order valence-corrected chi connectivity index (χ3v) is 4.39. The van der Waals surface area contributed by atoms with Crippen LogP contribution in [-0.2, 0) is 9.53 Å². The van der Waals surface area contributed by atoms with Gasteiger partial charge >= 0.3 is 0 Å². The average Bonchev–Trinajstić information content (AvgIpc) is 3.17. The molecule has 19 heavy (non-hydrogen) atoms. The number of carbonyl (C=O) groups is 1. The number of nitrogens with one attached hydrogen (secondary N) is 2. The van der Waals surface area contributed by atoms with Crippen molar-refractivity contribution in [2.45, 2.75) is 37.8 Å². The van der Waals surface area contributed by atoms with Gasteiger partial charge in [-0.25, -0.2) is 0 Å². The van der Waals surface area contributed by atoms with Crippen LogP contribution in [0.2, 0.25) is 0 Å². The van der Waals surface area contributed by atoms with Crippen LogP contribution in [0, 0.1) is 5.92 Å². The SMILES string of the molecule is O=C(CC1CNCCO1)NCC1CCN(C2CC2)C1. The summed E-state index contributed by atoms with van der Waals surface area (Å²) in [5, 5.41) is 6.33. The molecular weight excluding hydrogens is 242 g/mol. The molecule has 1 saturated carbocycles. The average molecular weight is 267 g/mol. The van der Waals surface area contributed by atoms with Crippen LogP contribution in [0.25, 0.3) is 0 Å². The largest absolute Gasteiger partial charge is 0.375 e. The molecule has 0 aromatic rings. The number of amides is 1. The Morgan fingerprint density at radius 3 is 3.00 bits per heavy atom. The minimum absolute atomic E-state index is 0.0558. The molecule has 0 spiro atoms. The fourth-order valence-corrected chi connectivity index (χ4v) is 3.09. The highest BCUT2D eigenvalue weighted by Gasteiger charge is 2.34. The van der Waals surface area contributed by atoms with E-state index in [1.165, 1.54) is 32.4 Å². The van der Waals surface area contributed by atoms with Gasteiger partial charge in [0.05, 0.1) is 19.1 Å². The highest BCUT2D eigenvalue weighted by Crippen LogP contribution is 2.31. The van der Waals surface area contributed by atoms with Gasteiger partial charge in [-0.2, -0.15) is 0 Å². The first-order valence-corrected chi connectivity index (χ1v) is 7.64. The predicted molar refractivity (Wildman–Crippen MR) is 72.9 cm³/mol. The van der Waals surface area contributed by atoms with Gasteiger partial charge in [-0.05, 0) is 31.7 Å². The summed E-state index contributed by atoms with van der Waals surface area (Å²) in [7, 11) is 0. The van der Waals surface area contributed by atoms with Gasteiger partial charge in [-0.3, -0.25) is 4.79 Å². The summed E-state index contributed by atoms with van der Waals surface area (Å²) in [5.41, 5.74) is 0. The van der Waals surface area contributed by atoms with Gasteiger partial charge in [-0.1, -0.05) is 0 Å². The molecule has 2 heterocycles. The molecule has 2 saturated heterocycles. The molecule has 2 unspecified atom stereocenters. The maximum atomic E-state index is 11.9. The number of ether oxygens (including phenoxy) is 1. The first-order valence-electron chi connectivity index (χ1n) is 7.64. The number of nitrogens with zero attached hydrogens (tertiary/aromatic N) is 1. The van der Waals surface area contributed by atoms with Gasteiger partial charge in [0.1, 0.15) is 0 Å². The zero-order valence-corrected chi connectivity index (χ0v) is 11.6. The molecule has 1 aliphatic carbocycles. The van der Waals surface area contributed by atoms with E-state index in [4.69, 9.17) is 4.74 Å². The molecule has 0 radical (unpaired) electrons. The lowest BCUT2D eigenvalue weighted by molar-refractivity contribution is -0.124. The zero-order chi connectivity index (χ0) is 13.1. The first-order chi connectivity index (χ1) is 9.31. The van der Waals surface area contributed by atoms with Gasteiger partial charge in [0.25, 0.3) is 0 Å². The third kappa shape index (κ3) is 3.91. The first kappa shape index (κ1) is 13.3. The van der Waals surface area contributed by atoms with Crippen LogP contribution in [-0.4, -0.2) is 62.3 Å². The second-order valence-corrected chi connectivity index (χ2v) is 6.09. The minimum Gasteiger partial charge on any atom is -0.375 e. The maximum absolute atomic E-state index is 11.9. The third-order valence-electron chi connectivity index (χ3n) is 4.39. The van der Waals surface area contributed by atoms with Crippen LogP contribution in [0.4, 0.5) is 0 Å². The summed E-state index contributed by atoms with van der Waals surface area (Å²) in [6.45, 7) is 5.65. The minimum atomic E-state index is 0.0558. The van der Waals surface area contributed by atoms with E-state index in [2.05, 4.69) is 15.5 Å². The Balaban J connectivity index is 1.31.